The molecule has 0 aliphatic heterocycles. The number of thioether (sulfide) groups is 1. The van der Waals surface area contributed by atoms with Crippen LogP contribution in [0.4, 0.5) is 0 Å². The molecule has 0 spiro atoms. The van der Waals surface area contributed by atoms with Crippen LogP contribution in [0.3, 0.4) is 0 Å². The van der Waals surface area contributed by atoms with Gasteiger partial charge in [-0.05, 0) is 46.2 Å². The van der Waals surface area contributed by atoms with Gasteiger partial charge in [-0.15, -0.1) is 11.3 Å². The van der Waals surface area contributed by atoms with Crippen LogP contribution in [0.25, 0.3) is 10.2 Å². The molecule has 0 amide bonds. The monoisotopic (exact) mass is 433 g/mol. The number of nitrogens with zero attached hydrogens (tertiary/aromatic N) is 3. The molecule has 3 aromatic rings. The highest BCUT2D eigenvalue weighted by molar-refractivity contribution is 7.99. The van der Waals surface area contributed by atoms with Crippen LogP contribution >= 0.6 is 23.1 Å². The topological polar surface area (TPSA) is 66.1 Å². The Balaban J connectivity index is 1.87. The molecule has 3 aromatic heterocycles. The Morgan fingerprint density at radius 1 is 1.24 bits per heavy atom. The van der Waals surface area contributed by atoms with Crippen LogP contribution in [0.2, 0.25) is 0 Å². The number of aryl methyl sites for hydroxylation is 3. The summed E-state index contributed by atoms with van der Waals surface area (Å²) in [5, 5.41) is 1.31. The number of ether oxygens (including phenoxy) is 1. The average molecular weight is 434 g/mol. The number of carbonyl (C=O) groups excluding carboxylic acids is 1. The number of rotatable bonds is 8. The Kier molecular flexibility index (Phi) is 6.65. The van der Waals surface area contributed by atoms with E-state index in [0.717, 1.165) is 38.8 Å². The van der Waals surface area contributed by atoms with E-state index >= 15 is 0 Å². The first-order chi connectivity index (χ1) is 13.8. The smallest absolute Gasteiger partial charge is 0.263 e. The number of hydrogen-bond acceptors (Lipinski definition) is 6. The van der Waals surface area contributed by atoms with Crippen LogP contribution in [0.15, 0.2) is 16.0 Å². The second-order valence-corrected chi connectivity index (χ2v) is 9.19. The number of fused-ring (bicyclic) bond motifs is 1. The minimum absolute atomic E-state index is 0.0213. The minimum Gasteiger partial charge on any atom is -0.383 e. The predicted octanol–water partition coefficient (Wildman–Crippen LogP) is 4.13. The molecule has 0 fully saturated rings. The molecule has 0 unspecified atom stereocenters. The van der Waals surface area contributed by atoms with Gasteiger partial charge < -0.3 is 9.30 Å². The van der Waals surface area contributed by atoms with Gasteiger partial charge in [-0.2, -0.15) is 0 Å². The number of thiophene rings is 1. The lowest BCUT2D eigenvalue weighted by Gasteiger charge is -2.10. The van der Waals surface area contributed by atoms with Crippen molar-refractivity contribution in [2.45, 2.75) is 52.9 Å². The summed E-state index contributed by atoms with van der Waals surface area (Å²) in [7, 11) is 1.67. The molecule has 3 heterocycles. The molecule has 0 saturated carbocycles. The maximum absolute atomic E-state index is 12.9. The van der Waals surface area contributed by atoms with E-state index in [1.165, 1.54) is 23.1 Å². The van der Waals surface area contributed by atoms with Crippen LogP contribution in [0.5, 0.6) is 0 Å². The van der Waals surface area contributed by atoms with E-state index in [2.05, 4.69) is 4.57 Å². The molecule has 0 aliphatic rings. The predicted molar refractivity (Wildman–Crippen MR) is 120 cm³/mol. The zero-order valence-corrected chi connectivity index (χ0v) is 19.4. The highest BCUT2D eigenvalue weighted by atomic mass is 32.2. The number of Topliss-reactive ketones (excluding diaryl/α,β-unsaturated/α-hetero) is 1. The highest BCUT2D eigenvalue weighted by Gasteiger charge is 2.19. The molecule has 0 aromatic carbocycles. The van der Waals surface area contributed by atoms with Gasteiger partial charge >= 0.3 is 0 Å². The van der Waals surface area contributed by atoms with Crippen LogP contribution in [-0.4, -0.2) is 39.4 Å². The molecular formula is C21H27N3O3S2. The van der Waals surface area contributed by atoms with Crippen molar-refractivity contribution in [3.8, 4) is 0 Å². The second-order valence-electron chi connectivity index (χ2n) is 7.05. The Labute approximate surface area is 178 Å². The van der Waals surface area contributed by atoms with Gasteiger partial charge in [-0.25, -0.2) is 4.98 Å². The number of ketones is 1. The first kappa shape index (κ1) is 21.8. The fourth-order valence-electron chi connectivity index (χ4n) is 3.52. The van der Waals surface area contributed by atoms with E-state index in [1.54, 1.807) is 11.7 Å². The van der Waals surface area contributed by atoms with Gasteiger partial charge in [0.05, 0.1) is 17.7 Å². The lowest BCUT2D eigenvalue weighted by atomic mass is 10.2. The first-order valence-corrected chi connectivity index (χ1v) is 11.4. The lowest BCUT2D eigenvalue weighted by molar-refractivity contribution is 0.102. The zero-order chi connectivity index (χ0) is 21.3. The fourth-order valence-corrected chi connectivity index (χ4v) is 5.53. The molecule has 8 heteroatoms. The summed E-state index contributed by atoms with van der Waals surface area (Å²) in [6.45, 7) is 11.7. The molecule has 0 radical (unpaired) electrons. The Morgan fingerprint density at radius 3 is 2.62 bits per heavy atom. The van der Waals surface area contributed by atoms with Crippen molar-refractivity contribution in [1.29, 1.82) is 0 Å². The van der Waals surface area contributed by atoms with Crippen LogP contribution in [0, 0.1) is 27.7 Å². The summed E-state index contributed by atoms with van der Waals surface area (Å²) >= 11 is 2.87. The molecule has 6 nitrogen and oxygen atoms in total. The number of methoxy groups -OCH3 is 1. The van der Waals surface area contributed by atoms with Gasteiger partial charge in [-0.1, -0.05) is 11.8 Å². The van der Waals surface area contributed by atoms with E-state index in [-0.39, 0.29) is 17.1 Å². The van der Waals surface area contributed by atoms with E-state index in [0.29, 0.717) is 23.7 Å². The molecule has 0 atom stereocenters. The maximum Gasteiger partial charge on any atom is 0.263 e. The van der Waals surface area contributed by atoms with Gasteiger partial charge in [0, 0.05) is 42.0 Å². The first-order valence-electron chi connectivity index (χ1n) is 9.62. The molecular weight excluding hydrogens is 406 g/mol. The Morgan fingerprint density at radius 2 is 1.97 bits per heavy atom. The molecule has 0 N–H and O–H groups in total. The molecule has 0 bridgehead atoms. The van der Waals surface area contributed by atoms with Gasteiger partial charge in [0.1, 0.15) is 4.83 Å². The van der Waals surface area contributed by atoms with Gasteiger partial charge in [0.25, 0.3) is 5.56 Å². The summed E-state index contributed by atoms with van der Waals surface area (Å²) in [6, 6.07) is 1.93. The zero-order valence-electron chi connectivity index (χ0n) is 17.8. The normalized spacial score (nSPS) is 11.5. The van der Waals surface area contributed by atoms with Crippen molar-refractivity contribution in [3.63, 3.8) is 0 Å². The maximum atomic E-state index is 12.9. The molecule has 3 rings (SSSR count). The minimum atomic E-state index is -0.0213. The van der Waals surface area contributed by atoms with E-state index < -0.39 is 0 Å². The average Bonchev–Trinajstić information content (AvgIpc) is 3.13. The highest BCUT2D eigenvalue weighted by Crippen LogP contribution is 2.29. The van der Waals surface area contributed by atoms with Crippen LogP contribution in [-0.2, 0) is 17.8 Å². The Bertz CT molecular complexity index is 1120. The largest absolute Gasteiger partial charge is 0.383 e. The van der Waals surface area contributed by atoms with Crippen molar-refractivity contribution >= 4 is 39.1 Å². The summed E-state index contributed by atoms with van der Waals surface area (Å²) in [6.07, 6.45) is 0. The lowest BCUT2D eigenvalue weighted by Crippen LogP contribution is -2.22. The van der Waals surface area contributed by atoms with Crippen molar-refractivity contribution < 1.29 is 9.53 Å². The van der Waals surface area contributed by atoms with E-state index in [4.69, 9.17) is 9.72 Å². The van der Waals surface area contributed by atoms with Crippen LogP contribution in [0.1, 0.15) is 39.1 Å². The number of hydrogen-bond donors (Lipinski definition) is 0. The molecule has 156 valence electrons. The van der Waals surface area contributed by atoms with Crippen molar-refractivity contribution in [2.24, 2.45) is 0 Å². The quantitative estimate of drug-likeness (QED) is 0.304. The van der Waals surface area contributed by atoms with E-state index in [1.807, 2.05) is 40.7 Å². The summed E-state index contributed by atoms with van der Waals surface area (Å²) < 4.78 is 8.93. The molecule has 29 heavy (non-hydrogen) atoms. The number of carbonyl (C=O) groups is 1. The second kappa shape index (κ2) is 8.85. The summed E-state index contributed by atoms with van der Waals surface area (Å²) in [4.78, 5) is 32.4. The van der Waals surface area contributed by atoms with Gasteiger partial charge in [-0.3, -0.25) is 14.2 Å². The molecule has 0 saturated heterocycles. The third-order valence-corrected chi connectivity index (χ3v) is 7.37. The SMILES string of the molecule is CCn1c(SCC(=O)c2cc(C)n(CCOC)c2C)nc2sc(C)c(C)c2c1=O. The summed E-state index contributed by atoms with van der Waals surface area (Å²) in [5.74, 6) is 0.290. The van der Waals surface area contributed by atoms with Crippen LogP contribution < -0.4 is 5.56 Å². The van der Waals surface area contributed by atoms with E-state index in [9.17, 15) is 9.59 Å². The number of aromatic nitrogens is 3. The van der Waals surface area contributed by atoms with Gasteiger partial charge in [0.2, 0.25) is 0 Å². The Hall–Kier alpha value is -1.90. The standard InChI is InChI=1S/C21H27N3O3S2/c1-7-23-20(26)18-13(3)15(5)29-19(18)22-21(23)28-11-17(25)16-10-12(2)24(14(16)4)8-9-27-6/h10H,7-9,11H2,1-6H3. The third-order valence-electron chi connectivity index (χ3n) is 5.30. The third kappa shape index (κ3) is 4.06. The van der Waals surface area contributed by atoms with Crippen molar-refractivity contribution in [1.82, 2.24) is 14.1 Å². The van der Waals surface area contributed by atoms with Crippen molar-refractivity contribution in [3.05, 3.63) is 43.8 Å². The van der Waals surface area contributed by atoms with Gasteiger partial charge in [0.15, 0.2) is 10.9 Å². The van der Waals surface area contributed by atoms with Crippen molar-refractivity contribution in [2.75, 3.05) is 19.5 Å². The fraction of sp³-hybridized carbons (Fsp3) is 0.476. The molecule has 0 aliphatic carbocycles. The summed E-state index contributed by atoms with van der Waals surface area (Å²) in [5.41, 5.74) is 3.70.